The molecule has 0 radical (unpaired) electrons. The Bertz CT molecular complexity index is 656. The van der Waals surface area contributed by atoms with Crippen LogP contribution < -0.4 is 11.1 Å². The molecule has 0 heterocycles. The van der Waals surface area contributed by atoms with Gasteiger partial charge in [-0.15, -0.1) is 0 Å². The molecule has 0 saturated heterocycles. The van der Waals surface area contributed by atoms with Gasteiger partial charge in [0.25, 0.3) is 5.91 Å². The van der Waals surface area contributed by atoms with E-state index in [0.29, 0.717) is 11.3 Å². The number of carbonyl (C=O) groups excluding carboxylic acids is 2. The summed E-state index contributed by atoms with van der Waals surface area (Å²) in [5, 5.41) is 2.70. The Labute approximate surface area is 125 Å². The zero-order valence-corrected chi connectivity index (χ0v) is 12.2. The second-order valence-electron chi connectivity index (χ2n) is 4.26. The molecular formula is C15H13BrN2O2. The number of benzene rings is 2. The van der Waals surface area contributed by atoms with Crippen LogP contribution in [0.25, 0.3) is 0 Å². The molecule has 0 atom stereocenters. The van der Waals surface area contributed by atoms with Crippen LogP contribution in [0.15, 0.2) is 53.0 Å². The Morgan fingerprint density at radius 2 is 1.85 bits per heavy atom. The highest BCUT2D eigenvalue weighted by molar-refractivity contribution is 9.10. The molecule has 0 aliphatic rings. The first-order valence-corrected chi connectivity index (χ1v) is 6.78. The van der Waals surface area contributed by atoms with E-state index in [1.807, 2.05) is 24.3 Å². The van der Waals surface area contributed by atoms with Gasteiger partial charge in [0.15, 0.2) is 0 Å². The van der Waals surface area contributed by atoms with E-state index in [1.165, 1.54) is 0 Å². The van der Waals surface area contributed by atoms with Crippen LogP contribution in [0.3, 0.4) is 0 Å². The van der Waals surface area contributed by atoms with Crippen molar-refractivity contribution in [2.24, 2.45) is 5.73 Å². The third-order valence-corrected chi connectivity index (χ3v) is 3.21. The molecule has 0 unspecified atom stereocenters. The van der Waals surface area contributed by atoms with Crippen LogP contribution in [-0.4, -0.2) is 11.8 Å². The lowest BCUT2D eigenvalue weighted by atomic mass is 10.1. The van der Waals surface area contributed by atoms with Gasteiger partial charge in [-0.25, -0.2) is 0 Å². The van der Waals surface area contributed by atoms with Crippen LogP contribution in [0.5, 0.6) is 0 Å². The number of primary amides is 1. The average molecular weight is 333 g/mol. The summed E-state index contributed by atoms with van der Waals surface area (Å²) in [6.45, 7) is 0. The lowest BCUT2D eigenvalue weighted by Crippen LogP contribution is -2.19. The van der Waals surface area contributed by atoms with Gasteiger partial charge in [0.05, 0.1) is 17.7 Å². The maximum Gasteiger partial charge on any atom is 0.250 e. The second-order valence-corrected chi connectivity index (χ2v) is 5.18. The van der Waals surface area contributed by atoms with E-state index in [1.54, 1.807) is 24.3 Å². The predicted molar refractivity (Wildman–Crippen MR) is 81.4 cm³/mol. The molecular weight excluding hydrogens is 320 g/mol. The van der Waals surface area contributed by atoms with E-state index in [-0.39, 0.29) is 12.3 Å². The standard InChI is InChI=1S/C15H13BrN2O2/c16-11-5-3-4-10(8-11)9-14(19)18-13-7-2-1-6-12(13)15(17)20/h1-8H,9H2,(H2,17,20)(H,18,19). The minimum absolute atomic E-state index is 0.197. The summed E-state index contributed by atoms with van der Waals surface area (Å²) in [5.74, 6) is -0.764. The number of amides is 2. The summed E-state index contributed by atoms with van der Waals surface area (Å²) in [6, 6.07) is 14.2. The van der Waals surface area contributed by atoms with Crippen molar-refractivity contribution in [1.82, 2.24) is 0 Å². The van der Waals surface area contributed by atoms with Gasteiger partial charge in [0, 0.05) is 4.47 Å². The highest BCUT2D eigenvalue weighted by Gasteiger charge is 2.10. The second kappa shape index (κ2) is 6.34. The quantitative estimate of drug-likeness (QED) is 0.903. The molecule has 2 amide bonds. The number of carbonyl (C=O) groups is 2. The van der Waals surface area contributed by atoms with Crippen molar-refractivity contribution < 1.29 is 9.59 Å². The van der Waals surface area contributed by atoms with Gasteiger partial charge in [-0.2, -0.15) is 0 Å². The van der Waals surface area contributed by atoms with E-state index in [9.17, 15) is 9.59 Å². The van der Waals surface area contributed by atoms with Crippen molar-refractivity contribution in [2.75, 3.05) is 5.32 Å². The Hall–Kier alpha value is -2.14. The first-order chi connectivity index (χ1) is 9.56. The smallest absolute Gasteiger partial charge is 0.250 e. The van der Waals surface area contributed by atoms with E-state index >= 15 is 0 Å². The van der Waals surface area contributed by atoms with Gasteiger partial charge in [-0.1, -0.05) is 40.2 Å². The van der Waals surface area contributed by atoms with Gasteiger partial charge < -0.3 is 11.1 Å². The van der Waals surface area contributed by atoms with E-state index < -0.39 is 5.91 Å². The molecule has 3 N–H and O–H groups in total. The Morgan fingerprint density at radius 1 is 1.10 bits per heavy atom. The van der Waals surface area contributed by atoms with Gasteiger partial charge in [0.1, 0.15) is 0 Å². The fourth-order valence-corrected chi connectivity index (χ4v) is 2.28. The Balaban J connectivity index is 2.11. The molecule has 5 heteroatoms. The summed E-state index contributed by atoms with van der Waals surface area (Å²) in [7, 11) is 0. The van der Waals surface area contributed by atoms with Gasteiger partial charge in [0.2, 0.25) is 5.91 Å². The molecule has 0 fully saturated rings. The van der Waals surface area contributed by atoms with Crippen molar-refractivity contribution in [3.8, 4) is 0 Å². The highest BCUT2D eigenvalue weighted by atomic mass is 79.9. The van der Waals surface area contributed by atoms with Crippen LogP contribution in [-0.2, 0) is 11.2 Å². The summed E-state index contributed by atoms with van der Waals surface area (Å²) < 4.78 is 0.917. The topological polar surface area (TPSA) is 72.2 Å². The Morgan fingerprint density at radius 3 is 2.55 bits per heavy atom. The van der Waals surface area contributed by atoms with Crippen LogP contribution in [0.2, 0.25) is 0 Å². The fourth-order valence-electron chi connectivity index (χ4n) is 1.83. The lowest BCUT2D eigenvalue weighted by Gasteiger charge is -2.09. The monoisotopic (exact) mass is 332 g/mol. The highest BCUT2D eigenvalue weighted by Crippen LogP contribution is 2.16. The molecule has 4 nitrogen and oxygen atoms in total. The van der Waals surface area contributed by atoms with Crippen LogP contribution in [0.1, 0.15) is 15.9 Å². The molecule has 102 valence electrons. The van der Waals surface area contributed by atoms with Crippen molar-refractivity contribution >= 4 is 33.4 Å². The molecule has 2 rings (SSSR count). The number of anilines is 1. The molecule has 0 spiro atoms. The van der Waals surface area contributed by atoms with Gasteiger partial charge in [-0.05, 0) is 29.8 Å². The number of hydrogen-bond acceptors (Lipinski definition) is 2. The molecule has 2 aromatic carbocycles. The van der Waals surface area contributed by atoms with Gasteiger partial charge >= 0.3 is 0 Å². The lowest BCUT2D eigenvalue weighted by molar-refractivity contribution is -0.115. The van der Waals surface area contributed by atoms with E-state index in [2.05, 4.69) is 21.2 Å². The van der Waals surface area contributed by atoms with Crippen LogP contribution >= 0.6 is 15.9 Å². The summed E-state index contributed by atoms with van der Waals surface area (Å²) in [5.41, 5.74) is 6.88. The summed E-state index contributed by atoms with van der Waals surface area (Å²) in [6.07, 6.45) is 0.229. The normalized spacial score (nSPS) is 10.1. The Kier molecular flexibility index (Phi) is 4.53. The third kappa shape index (κ3) is 3.68. The number of nitrogens with one attached hydrogen (secondary N) is 1. The minimum atomic E-state index is -0.566. The minimum Gasteiger partial charge on any atom is -0.366 e. The maximum atomic E-state index is 12.0. The molecule has 0 aliphatic carbocycles. The SMILES string of the molecule is NC(=O)c1ccccc1NC(=O)Cc1cccc(Br)c1. The largest absolute Gasteiger partial charge is 0.366 e. The molecule has 0 aliphatic heterocycles. The zero-order chi connectivity index (χ0) is 14.5. The van der Waals surface area contributed by atoms with Crippen molar-refractivity contribution in [1.29, 1.82) is 0 Å². The number of nitrogens with two attached hydrogens (primary N) is 1. The zero-order valence-electron chi connectivity index (χ0n) is 10.6. The molecule has 0 aromatic heterocycles. The van der Waals surface area contributed by atoms with E-state index in [0.717, 1.165) is 10.0 Å². The maximum absolute atomic E-state index is 12.0. The van der Waals surface area contributed by atoms with Crippen molar-refractivity contribution in [3.63, 3.8) is 0 Å². The van der Waals surface area contributed by atoms with Crippen molar-refractivity contribution in [2.45, 2.75) is 6.42 Å². The first-order valence-electron chi connectivity index (χ1n) is 5.99. The molecule has 0 bridgehead atoms. The summed E-state index contributed by atoms with van der Waals surface area (Å²) >= 11 is 3.36. The molecule has 20 heavy (non-hydrogen) atoms. The predicted octanol–water partition coefficient (Wildman–Crippen LogP) is 2.73. The fraction of sp³-hybridized carbons (Fsp3) is 0.0667. The molecule has 2 aromatic rings. The number of para-hydroxylation sites is 1. The number of halogens is 1. The average Bonchev–Trinajstić information content (AvgIpc) is 2.38. The first kappa shape index (κ1) is 14.3. The van der Waals surface area contributed by atoms with Crippen molar-refractivity contribution in [3.05, 3.63) is 64.1 Å². The van der Waals surface area contributed by atoms with Crippen LogP contribution in [0, 0.1) is 0 Å². The molecule has 0 saturated carbocycles. The van der Waals surface area contributed by atoms with Crippen LogP contribution in [0.4, 0.5) is 5.69 Å². The van der Waals surface area contributed by atoms with Gasteiger partial charge in [-0.3, -0.25) is 9.59 Å². The number of hydrogen-bond donors (Lipinski definition) is 2. The summed E-state index contributed by atoms with van der Waals surface area (Å²) in [4.78, 5) is 23.3. The third-order valence-electron chi connectivity index (χ3n) is 2.72. The number of rotatable bonds is 4. The van der Waals surface area contributed by atoms with E-state index in [4.69, 9.17) is 5.73 Å².